The van der Waals surface area contributed by atoms with Gasteiger partial charge in [0.15, 0.2) is 0 Å². The molecule has 0 heterocycles. The van der Waals surface area contributed by atoms with Gasteiger partial charge in [0.2, 0.25) is 0 Å². The summed E-state index contributed by atoms with van der Waals surface area (Å²) in [5.41, 5.74) is -1.28. The van der Waals surface area contributed by atoms with Crippen LogP contribution in [0.5, 0.6) is 0 Å². The first-order chi connectivity index (χ1) is 9.34. The first-order valence-electron chi connectivity index (χ1n) is 6.28. The fraction of sp³-hybridized carbons (Fsp3) is 0.462. The van der Waals surface area contributed by atoms with Gasteiger partial charge >= 0.3 is 0 Å². The first kappa shape index (κ1) is 16.4. The van der Waals surface area contributed by atoms with E-state index in [-0.39, 0.29) is 22.8 Å². The topological polar surface area (TPSA) is 92.5 Å². The van der Waals surface area contributed by atoms with Crippen LogP contribution in [0.4, 0.5) is 5.69 Å². The Labute approximate surface area is 121 Å². The van der Waals surface area contributed by atoms with Gasteiger partial charge in [-0.2, -0.15) is 0 Å². The number of nitro benzene ring substituents is 1. The molecule has 1 aromatic rings. The molecule has 0 fully saturated rings. The third-order valence-electron chi connectivity index (χ3n) is 3.31. The molecule has 0 bridgehead atoms. The maximum Gasteiger partial charge on any atom is 0.288 e. The molecule has 0 atom stereocenters. The number of halogens is 1. The van der Waals surface area contributed by atoms with E-state index in [1.165, 1.54) is 18.2 Å². The van der Waals surface area contributed by atoms with Crippen molar-refractivity contribution in [2.75, 3.05) is 6.54 Å². The van der Waals surface area contributed by atoms with Crippen LogP contribution in [0.1, 0.15) is 37.0 Å². The quantitative estimate of drug-likeness (QED) is 0.623. The Morgan fingerprint density at radius 1 is 1.45 bits per heavy atom. The minimum Gasteiger partial charge on any atom is -0.388 e. The van der Waals surface area contributed by atoms with Gasteiger partial charge in [-0.15, -0.1) is 0 Å². The van der Waals surface area contributed by atoms with E-state index in [4.69, 9.17) is 11.6 Å². The maximum atomic E-state index is 12.0. The van der Waals surface area contributed by atoms with Crippen molar-refractivity contribution in [3.05, 3.63) is 38.9 Å². The Bertz CT molecular complexity index is 515. The molecule has 0 aromatic heterocycles. The predicted molar refractivity (Wildman–Crippen MR) is 76.0 cm³/mol. The molecule has 7 heteroatoms. The van der Waals surface area contributed by atoms with Crippen molar-refractivity contribution in [3.63, 3.8) is 0 Å². The van der Waals surface area contributed by atoms with Gasteiger partial charge in [-0.25, -0.2) is 0 Å². The number of carbonyl (C=O) groups is 1. The summed E-state index contributed by atoms with van der Waals surface area (Å²) in [5.74, 6) is -0.543. The normalized spacial score (nSPS) is 11.2. The highest BCUT2D eigenvalue weighted by molar-refractivity contribution is 6.35. The fourth-order valence-electron chi connectivity index (χ4n) is 1.68. The third-order valence-corrected chi connectivity index (χ3v) is 3.71. The number of nitrogens with zero attached hydrogens (tertiary/aromatic N) is 1. The number of aliphatic hydroxyl groups is 1. The first-order valence-corrected chi connectivity index (χ1v) is 6.66. The van der Waals surface area contributed by atoms with Gasteiger partial charge in [-0.1, -0.05) is 31.5 Å². The van der Waals surface area contributed by atoms with Crippen LogP contribution in [0.3, 0.4) is 0 Å². The number of amides is 1. The molecule has 0 radical (unpaired) electrons. The number of rotatable bonds is 6. The zero-order chi connectivity index (χ0) is 15.3. The molecule has 1 aromatic carbocycles. The molecule has 0 unspecified atom stereocenters. The Morgan fingerprint density at radius 2 is 2.05 bits per heavy atom. The van der Waals surface area contributed by atoms with Crippen LogP contribution in [-0.4, -0.2) is 28.1 Å². The number of hydrogen-bond acceptors (Lipinski definition) is 4. The van der Waals surface area contributed by atoms with Crippen molar-refractivity contribution in [1.82, 2.24) is 5.32 Å². The number of nitro groups is 1. The number of carbonyl (C=O) groups excluding carboxylic acids is 1. The molecule has 0 spiro atoms. The van der Waals surface area contributed by atoms with E-state index in [9.17, 15) is 20.0 Å². The van der Waals surface area contributed by atoms with Crippen molar-refractivity contribution in [2.24, 2.45) is 0 Å². The van der Waals surface area contributed by atoms with E-state index in [0.29, 0.717) is 12.8 Å². The van der Waals surface area contributed by atoms with Gasteiger partial charge in [0.05, 0.1) is 16.1 Å². The van der Waals surface area contributed by atoms with Crippen LogP contribution in [0.25, 0.3) is 0 Å². The second-order valence-electron chi connectivity index (χ2n) is 4.51. The second kappa shape index (κ2) is 6.67. The SMILES string of the molecule is CCC(O)(CC)CNC(=O)c1cccc([N+](=O)[O-])c1Cl. The standard InChI is InChI=1S/C13H17ClN2O4/c1-3-13(18,4-2)8-15-12(17)9-6-5-7-10(11(9)14)16(19)20/h5-7,18H,3-4,8H2,1-2H3,(H,15,17). The number of benzene rings is 1. The minimum absolute atomic E-state index is 0.0235. The van der Waals surface area contributed by atoms with Crippen molar-refractivity contribution >= 4 is 23.2 Å². The molecule has 0 saturated heterocycles. The van der Waals surface area contributed by atoms with Gasteiger partial charge < -0.3 is 10.4 Å². The molecule has 0 aliphatic heterocycles. The van der Waals surface area contributed by atoms with E-state index in [2.05, 4.69) is 5.32 Å². The van der Waals surface area contributed by atoms with Gasteiger partial charge in [0, 0.05) is 12.6 Å². The van der Waals surface area contributed by atoms with Crippen molar-refractivity contribution < 1.29 is 14.8 Å². The van der Waals surface area contributed by atoms with Gasteiger partial charge in [0.1, 0.15) is 5.02 Å². The monoisotopic (exact) mass is 300 g/mol. The largest absolute Gasteiger partial charge is 0.388 e. The van der Waals surface area contributed by atoms with Crippen molar-refractivity contribution in [1.29, 1.82) is 0 Å². The Morgan fingerprint density at radius 3 is 2.55 bits per heavy atom. The predicted octanol–water partition coefficient (Wildman–Crippen LogP) is 2.53. The molecule has 6 nitrogen and oxygen atoms in total. The Kier molecular flexibility index (Phi) is 5.47. The highest BCUT2D eigenvalue weighted by atomic mass is 35.5. The average Bonchev–Trinajstić information content (AvgIpc) is 2.44. The molecule has 20 heavy (non-hydrogen) atoms. The molecule has 0 saturated carbocycles. The third kappa shape index (κ3) is 3.68. The van der Waals surface area contributed by atoms with E-state index in [0.717, 1.165) is 0 Å². The van der Waals surface area contributed by atoms with Crippen LogP contribution in [0.2, 0.25) is 5.02 Å². The zero-order valence-electron chi connectivity index (χ0n) is 11.4. The van der Waals surface area contributed by atoms with Crippen molar-refractivity contribution in [3.8, 4) is 0 Å². The lowest BCUT2D eigenvalue weighted by atomic mass is 9.97. The maximum absolute atomic E-state index is 12.0. The van der Waals surface area contributed by atoms with Gasteiger partial charge in [0.25, 0.3) is 11.6 Å². The molecule has 2 N–H and O–H groups in total. The van der Waals surface area contributed by atoms with Crippen molar-refractivity contribution in [2.45, 2.75) is 32.3 Å². The summed E-state index contributed by atoms with van der Waals surface area (Å²) in [7, 11) is 0. The summed E-state index contributed by atoms with van der Waals surface area (Å²) >= 11 is 5.85. The summed E-state index contributed by atoms with van der Waals surface area (Å²) in [6.45, 7) is 3.70. The molecular weight excluding hydrogens is 284 g/mol. The molecule has 0 aliphatic rings. The van der Waals surface area contributed by atoms with E-state index in [1.54, 1.807) is 0 Å². The smallest absolute Gasteiger partial charge is 0.288 e. The van der Waals surface area contributed by atoms with Gasteiger partial charge in [-0.05, 0) is 18.9 Å². The molecular formula is C13H17ClN2O4. The lowest BCUT2D eigenvalue weighted by Gasteiger charge is -2.25. The lowest BCUT2D eigenvalue weighted by molar-refractivity contribution is -0.384. The summed E-state index contributed by atoms with van der Waals surface area (Å²) in [6.07, 6.45) is 0.985. The van der Waals surface area contributed by atoms with Crippen LogP contribution >= 0.6 is 11.6 Å². The zero-order valence-corrected chi connectivity index (χ0v) is 12.1. The van der Waals surface area contributed by atoms with Crippen LogP contribution in [-0.2, 0) is 0 Å². The Hall–Kier alpha value is -1.66. The Balaban J connectivity index is 2.89. The molecule has 1 amide bonds. The average molecular weight is 301 g/mol. The van der Waals surface area contributed by atoms with E-state index >= 15 is 0 Å². The lowest BCUT2D eigenvalue weighted by Crippen LogP contribution is -2.42. The number of nitrogens with one attached hydrogen (secondary N) is 1. The summed E-state index contributed by atoms with van der Waals surface area (Å²) in [4.78, 5) is 22.1. The number of hydrogen-bond donors (Lipinski definition) is 2. The van der Waals surface area contributed by atoms with Crippen LogP contribution < -0.4 is 5.32 Å². The molecule has 0 aliphatic carbocycles. The highest BCUT2D eigenvalue weighted by Crippen LogP contribution is 2.27. The van der Waals surface area contributed by atoms with E-state index in [1.807, 2.05) is 13.8 Å². The summed E-state index contributed by atoms with van der Waals surface area (Å²) in [6, 6.07) is 4.03. The van der Waals surface area contributed by atoms with E-state index < -0.39 is 16.4 Å². The fourth-order valence-corrected chi connectivity index (χ4v) is 1.96. The highest BCUT2D eigenvalue weighted by Gasteiger charge is 2.25. The second-order valence-corrected chi connectivity index (χ2v) is 4.89. The summed E-state index contributed by atoms with van der Waals surface area (Å²) < 4.78 is 0. The van der Waals surface area contributed by atoms with Crippen LogP contribution in [0, 0.1) is 10.1 Å². The molecule has 110 valence electrons. The van der Waals surface area contributed by atoms with Crippen LogP contribution in [0.15, 0.2) is 18.2 Å². The van der Waals surface area contributed by atoms with Gasteiger partial charge in [-0.3, -0.25) is 14.9 Å². The molecule has 1 rings (SSSR count). The minimum atomic E-state index is -0.983. The summed E-state index contributed by atoms with van der Waals surface area (Å²) in [5, 5.41) is 23.2.